The normalized spacial score (nSPS) is 13.2. The van der Waals surface area contributed by atoms with Crippen LogP contribution in [-0.2, 0) is 9.09 Å². The molecule has 0 aliphatic carbocycles. The van der Waals surface area contributed by atoms with Gasteiger partial charge in [-0.2, -0.15) is 0 Å². The molecule has 0 aromatic rings. The minimum absolute atomic E-state index is 0.101. The first kappa shape index (κ1) is 42.2. The van der Waals surface area contributed by atoms with Crippen LogP contribution in [0, 0.1) is 0 Å². The van der Waals surface area contributed by atoms with Crippen LogP contribution < -0.4 is 4.89 Å². The fourth-order valence-electron chi connectivity index (χ4n) is 5.23. The first-order valence-corrected chi connectivity index (χ1v) is 19.2. The Labute approximate surface area is 252 Å². The molecule has 1 N–H and O–H groups in total. The van der Waals surface area contributed by atoms with Crippen LogP contribution >= 0.6 is 7.82 Å². The average molecular weight is 592 g/mol. The monoisotopic (exact) mass is 592 g/mol. The maximum Gasteiger partial charge on any atom is 0.265 e. The molecule has 0 bridgehead atoms. The van der Waals surface area contributed by atoms with Crippen molar-refractivity contribution in [2.24, 2.45) is 0 Å². The van der Waals surface area contributed by atoms with Crippen molar-refractivity contribution in [2.75, 3.05) is 33.8 Å². The molecule has 5 nitrogen and oxygen atoms in total. The van der Waals surface area contributed by atoms with Gasteiger partial charge >= 0.3 is 0 Å². The first-order valence-electron chi connectivity index (χ1n) is 17.7. The van der Waals surface area contributed by atoms with E-state index in [1.165, 1.54) is 165 Å². The highest BCUT2D eigenvalue weighted by Gasteiger charge is 2.13. The Morgan fingerprint density at radius 1 is 0.500 bits per heavy atom. The summed E-state index contributed by atoms with van der Waals surface area (Å²) in [6.45, 7) is 9.61. The molecular weight excluding hydrogens is 517 g/mol. The van der Waals surface area contributed by atoms with E-state index in [4.69, 9.17) is 4.89 Å². The predicted octanol–water partition coefficient (Wildman–Crippen LogP) is 10.7. The highest BCUT2D eigenvalue weighted by molar-refractivity contribution is 7.44. The van der Waals surface area contributed by atoms with Crippen LogP contribution in [0.15, 0.2) is 0 Å². The summed E-state index contributed by atoms with van der Waals surface area (Å²) in [5.41, 5.74) is 0. The third kappa shape index (κ3) is 40.2. The molecule has 0 aliphatic heterocycles. The summed E-state index contributed by atoms with van der Waals surface area (Å²) in [7, 11) is 0.415. The summed E-state index contributed by atoms with van der Waals surface area (Å²) in [5.74, 6) is 0. The second-order valence-electron chi connectivity index (χ2n) is 12.8. The van der Waals surface area contributed by atoms with Crippen molar-refractivity contribution >= 4 is 7.82 Å². The van der Waals surface area contributed by atoms with Gasteiger partial charge in [0, 0.05) is 0 Å². The average Bonchev–Trinajstić information content (AvgIpc) is 2.90. The zero-order valence-electron chi connectivity index (χ0n) is 28.1. The fourth-order valence-corrected chi connectivity index (χ4v) is 5.59. The van der Waals surface area contributed by atoms with Gasteiger partial charge in [-0.3, -0.25) is 4.57 Å². The first-order chi connectivity index (χ1) is 19.2. The molecule has 0 fully saturated rings. The van der Waals surface area contributed by atoms with Crippen molar-refractivity contribution < 1.29 is 23.4 Å². The van der Waals surface area contributed by atoms with Crippen molar-refractivity contribution in [3.8, 4) is 0 Å². The molecule has 0 rings (SSSR count). The van der Waals surface area contributed by atoms with Gasteiger partial charge in [-0.05, 0) is 32.1 Å². The summed E-state index contributed by atoms with van der Waals surface area (Å²) >= 11 is 0. The Bertz CT molecular complexity index is 498. The Morgan fingerprint density at radius 2 is 0.750 bits per heavy atom. The molecule has 1 atom stereocenters. The Hall–Kier alpha value is 0.0700. The number of phosphoric ester groups is 1. The molecule has 6 heteroatoms. The number of phosphoric acid groups is 1. The van der Waals surface area contributed by atoms with Crippen molar-refractivity contribution in [3.05, 3.63) is 0 Å². The van der Waals surface area contributed by atoms with Crippen LogP contribution in [0.1, 0.15) is 188 Å². The van der Waals surface area contributed by atoms with Crippen LogP contribution in [0.25, 0.3) is 0 Å². The Morgan fingerprint density at radius 3 is 1.02 bits per heavy atom. The molecule has 0 amide bonds. The number of rotatable bonds is 30. The third-order valence-electron chi connectivity index (χ3n) is 7.99. The minimum atomic E-state index is -4.48. The van der Waals surface area contributed by atoms with Gasteiger partial charge in [-0.15, -0.1) is 0 Å². The van der Waals surface area contributed by atoms with E-state index >= 15 is 0 Å². The second-order valence-corrected chi connectivity index (χ2v) is 14.0. The Balaban J connectivity index is 0. The number of unbranched alkanes of at least 4 members (excludes halogenated alkanes) is 23. The highest BCUT2D eigenvalue weighted by Crippen LogP contribution is 2.30. The zero-order valence-corrected chi connectivity index (χ0v) is 29.0. The lowest BCUT2D eigenvalue weighted by Gasteiger charge is -2.30. The van der Waals surface area contributed by atoms with Gasteiger partial charge < -0.3 is 18.8 Å². The van der Waals surface area contributed by atoms with E-state index in [9.17, 15) is 9.46 Å². The molecule has 0 heterocycles. The molecule has 0 aliphatic rings. The van der Waals surface area contributed by atoms with Crippen molar-refractivity contribution in [3.63, 3.8) is 0 Å². The van der Waals surface area contributed by atoms with Gasteiger partial charge in [0.15, 0.2) is 0 Å². The van der Waals surface area contributed by atoms with Gasteiger partial charge in [0.05, 0.1) is 33.8 Å². The SMILES string of the molecule is CCCCCCCCCCCC[N+](C)(C)CCCCCCCCCCCC.CCCCCCCCOP(=O)([O-])O. The van der Waals surface area contributed by atoms with Crippen LogP contribution in [0.3, 0.4) is 0 Å². The van der Waals surface area contributed by atoms with E-state index in [0.29, 0.717) is 6.42 Å². The molecule has 0 spiro atoms. The lowest BCUT2D eigenvalue weighted by atomic mass is 10.1. The molecule has 40 heavy (non-hydrogen) atoms. The molecule has 0 aromatic carbocycles. The standard InChI is InChI=1S/C26H56N.C8H19O4P/c1-5-7-9-11-13-15-17-19-21-23-25-27(3,4)26-24-22-20-18-16-14-12-10-8-6-2;1-2-3-4-5-6-7-8-12-13(9,10)11/h5-26H2,1-4H3;2-8H2,1H3,(H2,9,10,11)/q+1;/p-1. The fraction of sp³-hybridized carbons (Fsp3) is 1.00. The summed E-state index contributed by atoms with van der Waals surface area (Å²) in [5, 5.41) is 0. The minimum Gasteiger partial charge on any atom is -0.756 e. The van der Waals surface area contributed by atoms with Crippen molar-refractivity contribution in [2.45, 2.75) is 188 Å². The van der Waals surface area contributed by atoms with Gasteiger partial charge in [0.1, 0.15) is 0 Å². The lowest BCUT2D eigenvalue weighted by molar-refractivity contribution is -0.890. The molecule has 0 aromatic heterocycles. The van der Waals surface area contributed by atoms with Gasteiger partial charge in [-0.1, -0.05) is 156 Å². The van der Waals surface area contributed by atoms with Crippen LogP contribution in [0.5, 0.6) is 0 Å². The zero-order chi connectivity index (χ0) is 30.2. The summed E-state index contributed by atoms with van der Waals surface area (Å²) in [4.78, 5) is 18.4. The van der Waals surface area contributed by atoms with Crippen molar-refractivity contribution in [1.29, 1.82) is 0 Å². The third-order valence-corrected chi connectivity index (χ3v) is 8.50. The number of quaternary nitrogens is 1. The van der Waals surface area contributed by atoms with E-state index in [-0.39, 0.29) is 6.61 Å². The van der Waals surface area contributed by atoms with E-state index in [1.54, 1.807) is 0 Å². The molecular formula is C34H74NO4P. The summed E-state index contributed by atoms with van der Waals surface area (Å²) < 4.78 is 15.6. The van der Waals surface area contributed by atoms with Gasteiger partial charge in [0.25, 0.3) is 7.82 Å². The van der Waals surface area contributed by atoms with Crippen LogP contribution in [-0.4, -0.2) is 43.2 Å². The predicted molar refractivity (Wildman–Crippen MR) is 175 cm³/mol. The molecule has 0 radical (unpaired) electrons. The number of nitrogens with zero attached hydrogens (tertiary/aromatic N) is 1. The maximum absolute atomic E-state index is 10.1. The summed E-state index contributed by atoms with van der Waals surface area (Å²) in [6.07, 6.45) is 35.4. The molecule has 1 unspecified atom stereocenters. The smallest absolute Gasteiger partial charge is 0.265 e. The molecule has 0 saturated heterocycles. The lowest BCUT2D eigenvalue weighted by Crippen LogP contribution is -2.41. The van der Waals surface area contributed by atoms with E-state index in [0.717, 1.165) is 12.8 Å². The molecule has 0 saturated carbocycles. The number of hydrogen-bond acceptors (Lipinski definition) is 3. The quantitative estimate of drug-likeness (QED) is 0.0512. The van der Waals surface area contributed by atoms with Crippen LogP contribution in [0.4, 0.5) is 0 Å². The second kappa shape index (κ2) is 32.0. The van der Waals surface area contributed by atoms with Gasteiger partial charge in [0.2, 0.25) is 0 Å². The van der Waals surface area contributed by atoms with Gasteiger partial charge in [-0.25, -0.2) is 0 Å². The summed E-state index contributed by atoms with van der Waals surface area (Å²) in [6, 6.07) is 0. The highest BCUT2D eigenvalue weighted by atomic mass is 31.2. The Kier molecular flexibility index (Phi) is 33.8. The maximum atomic E-state index is 10.1. The van der Waals surface area contributed by atoms with E-state index in [2.05, 4.69) is 39.4 Å². The number of hydrogen-bond donors (Lipinski definition) is 1. The van der Waals surface area contributed by atoms with E-state index < -0.39 is 7.82 Å². The molecule has 244 valence electrons. The van der Waals surface area contributed by atoms with E-state index in [1.807, 2.05) is 0 Å². The largest absolute Gasteiger partial charge is 0.756 e. The van der Waals surface area contributed by atoms with Crippen molar-refractivity contribution in [1.82, 2.24) is 0 Å². The topological polar surface area (TPSA) is 69.6 Å². The van der Waals surface area contributed by atoms with Crippen LogP contribution in [0.2, 0.25) is 0 Å².